The molecule has 0 aliphatic rings. The third-order valence-corrected chi connectivity index (χ3v) is 3.74. The van der Waals surface area contributed by atoms with Crippen molar-refractivity contribution in [2.24, 2.45) is 0 Å². The molecule has 0 fully saturated rings. The third kappa shape index (κ3) is 2.49. The first-order valence-corrected chi connectivity index (χ1v) is 6.78. The van der Waals surface area contributed by atoms with Crippen molar-refractivity contribution in [1.29, 1.82) is 0 Å². The maximum absolute atomic E-state index is 5.18. The van der Waals surface area contributed by atoms with Gasteiger partial charge in [-0.3, -0.25) is 0 Å². The zero-order chi connectivity index (χ0) is 13.1. The lowest BCUT2D eigenvalue weighted by Crippen LogP contribution is -2.02. The van der Waals surface area contributed by atoms with Crippen LogP contribution in [0, 0.1) is 6.92 Å². The average molecular weight is 309 g/mol. The number of aromatic nitrogens is 1. The summed E-state index contributed by atoms with van der Waals surface area (Å²) >= 11 is 3.55. The van der Waals surface area contributed by atoms with Gasteiger partial charge in [-0.2, -0.15) is 0 Å². The van der Waals surface area contributed by atoms with Gasteiger partial charge in [-0.05, 0) is 37.6 Å². The quantitative estimate of drug-likeness (QED) is 0.930. The molecule has 2 rings (SSSR count). The summed E-state index contributed by atoms with van der Waals surface area (Å²) in [6.45, 7) is 5.58. The van der Waals surface area contributed by atoms with Gasteiger partial charge in [0.25, 0.3) is 0 Å². The van der Waals surface area contributed by atoms with Crippen LogP contribution in [0.25, 0.3) is 10.9 Å². The summed E-state index contributed by atoms with van der Waals surface area (Å²) in [6.07, 6.45) is 0. The monoisotopic (exact) mass is 308 g/mol. The fraction of sp³-hybridized carbons (Fsp3) is 0.357. The molecule has 0 radical (unpaired) electrons. The summed E-state index contributed by atoms with van der Waals surface area (Å²) in [5.74, 6) is 0. The number of halogens is 1. The smallest absolute Gasteiger partial charge is 0.0885 e. The number of methoxy groups -OCH3 is 1. The van der Waals surface area contributed by atoms with Crippen LogP contribution in [0.15, 0.2) is 22.7 Å². The molecule has 0 saturated carbocycles. The summed E-state index contributed by atoms with van der Waals surface area (Å²) in [7, 11) is 1.69. The fourth-order valence-corrected chi connectivity index (χ4v) is 2.34. The Balaban J connectivity index is 2.68. The Kier molecular flexibility index (Phi) is 4.19. The van der Waals surface area contributed by atoms with E-state index in [0.717, 1.165) is 38.9 Å². The number of anilines is 1. The number of hydrogen-bond donors (Lipinski definition) is 1. The molecule has 1 aromatic carbocycles. The summed E-state index contributed by atoms with van der Waals surface area (Å²) in [5.41, 5.74) is 4.24. The molecule has 4 heteroatoms. The molecule has 0 amide bonds. The zero-order valence-electron chi connectivity index (χ0n) is 10.9. The second-order valence-corrected chi connectivity index (χ2v) is 5.05. The van der Waals surface area contributed by atoms with Crippen LogP contribution < -0.4 is 5.32 Å². The molecule has 96 valence electrons. The van der Waals surface area contributed by atoms with Crippen LogP contribution in [0.5, 0.6) is 0 Å². The molecule has 1 aromatic heterocycles. The molecule has 1 N–H and O–H groups in total. The average Bonchev–Trinajstić information content (AvgIpc) is 2.35. The Morgan fingerprint density at radius 1 is 1.39 bits per heavy atom. The van der Waals surface area contributed by atoms with E-state index in [-0.39, 0.29) is 0 Å². The highest BCUT2D eigenvalue weighted by Gasteiger charge is 2.09. The molecule has 0 atom stereocenters. The summed E-state index contributed by atoms with van der Waals surface area (Å²) in [4.78, 5) is 4.67. The summed E-state index contributed by atoms with van der Waals surface area (Å²) in [6, 6.07) is 6.22. The maximum Gasteiger partial charge on any atom is 0.0885 e. The number of nitrogens with zero attached hydrogens (tertiary/aromatic N) is 1. The Labute approximate surface area is 116 Å². The van der Waals surface area contributed by atoms with Crippen molar-refractivity contribution in [3.63, 3.8) is 0 Å². The van der Waals surface area contributed by atoms with Gasteiger partial charge < -0.3 is 10.1 Å². The standard InChI is InChI=1S/C14H17BrN2O/c1-4-16-13-7-10(8-18-3)17-14-9(2)12(15)6-5-11(13)14/h5-7H,4,8H2,1-3H3,(H,16,17). The molecule has 18 heavy (non-hydrogen) atoms. The molecule has 0 spiro atoms. The molecule has 3 nitrogen and oxygen atoms in total. The highest BCUT2D eigenvalue weighted by molar-refractivity contribution is 9.10. The van der Waals surface area contributed by atoms with E-state index in [4.69, 9.17) is 4.74 Å². The Hall–Kier alpha value is -1.13. The van der Waals surface area contributed by atoms with Gasteiger partial charge in [0.2, 0.25) is 0 Å². The predicted octanol–water partition coefficient (Wildman–Crippen LogP) is 3.88. The van der Waals surface area contributed by atoms with Crippen molar-refractivity contribution >= 4 is 32.5 Å². The van der Waals surface area contributed by atoms with Crippen molar-refractivity contribution in [3.05, 3.63) is 33.9 Å². The summed E-state index contributed by atoms with van der Waals surface area (Å²) < 4.78 is 6.26. The highest BCUT2D eigenvalue weighted by atomic mass is 79.9. The van der Waals surface area contributed by atoms with Gasteiger partial charge in [-0.1, -0.05) is 15.9 Å². The van der Waals surface area contributed by atoms with Crippen molar-refractivity contribution < 1.29 is 4.74 Å². The Bertz CT molecular complexity index is 569. The molecule has 0 aliphatic carbocycles. The van der Waals surface area contributed by atoms with E-state index in [1.54, 1.807) is 7.11 Å². The molecular weight excluding hydrogens is 292 g/mol. The van der Waals surface area contributed by atoms with E-state index in [1.807, 2.05) is 0 Å². The van der Waals surface area contributed by atoms with Gasteiger partial charge in [0, 0.05) is 29.2 Å². The van der Waals surface area contributed by atoms with E-state index in [1.165, 1.54) is 0 Å². The lowest BCUT2D eigenvalue weighted by molar-refractivity contribution is 0.182. The highest BCUT2D eigenvalue weighted by Crippen LogP contribution is 2.30. The SMILES string of the molecule is CCNc1cc(COC)nc2c(C)c(Br)ccc12. The van der Waals surface area contributed by atoms with Crippen molar-refractivity contribution in [1.82, 2.24) is 4.98 Å². The van der Waals surface area contributed by atoms with Crippen molar-refractivity contribution in [2.75, 3.05) is 19.0 Å². The van der Waals surface area contributed by atoms with Gasteiger partial charge in [0.15, 0.2) is 0 Å². The molecule has 0 unspecified atom stereocenters. The van der Waals surface area contributed by atoms with Crippen LogP contribution in [-0.2, 0) is 11.3 Å². The molecular formula is C14H17BrN2O. The minimum Gasteiger partial charge on any atom is -0.385 e. The number of rotatable bonds is 4. The predicted molar refractivity (Wildman–Crippen MR) is 79.1 cm³/mol. The topological polar surface area (TPSA) is 34.1 Å². The third-order valence-electron chi connectivity index (χ3n) is 2.88. The van der Waals surface area contributed by atoms with Crippen LogP contribution in [-0.4, -0.2) is 18.6 Å². The van der Waals surface area contributed by atoms with Crippen LogP contribution >= 0.6 is 15.9 Å². The largest absolute Gasteiger partial charge is 0.385 e. The van der Waals surface area contributed by atoms with Crippen molar-refractivity contribution in [3.8, 4) is 0 Å². The fourth-order valence-electron chi connectivity index (χ4n) is 2.02. The first-order valence-electron chi connectivity index (χ1n) is 5.99. The maximum atomic E-state index is 5.18. The number of fused-ring (bicyclic) bond motifs is 1. The molecule has 0 aliphatic heterocycles. The van der Waals surface area contributed by atoms with Crippen LogP contribution in [0.3, 0.4) is 0 Å². The first kappa shape index (κ1) is 13.3. The molecule has 2 aromatic rings. The molecule has 0 bridgehead atoms. The van der Waals surface area contributed by atoms with Crippen LogP contribution in [0.4, 0.5) is 5.69 Å². The van der Waals surface area contributed by atoms with Gasteiger partial charge in [-0.15, -0.1) is 0 Å². The number of nitrogens with one attached hydrogen (secondary N) is 1. The van der Waals surface area contributed by atoms with E-state index in [2.05, 4.69) is 58.3 Å². The molecule has 1 heterocycles. The normalized spacial score (nSPS) is 10.9. The lowest BCUT2D eigenvalue weighted by Gasteiger charge is -2.12. The lowest BCUT2D eigenvalue weighted by atomic mass is 10.1. The van der Waals surface area contributed by atoms with E-state index >= 15 is 0 Å². The van der Waals surface area contributed by atoms with E-state index in [0.29, 0.717) is 6.61 Å². The number of aryl methyl sites for hydroxylation is 1. The number of benzene rings is 1. The second kappa shape index (κ2) is 5.67. The Morgan fingerprint density at radius 3 is 2.83 bits per heavy atom. The minimum absolute atomic E-state index is 0.528. The second-order valence-electron chi connectivity index (χ2n) is 4.19. The van der Waals surface area contributed by atoms with Gasteiger partial charge >= 0.3 is 0 Å². The van der Waals surface area contributed by atoms with Crippen molar-refractivity contribution in [2.45, 2.75) is 20.5 Å². The van der Waals surface area contributed by atoms with E-state index in [9.17, 15) is 0 Å². The number of ether oxygens (including phenoxy) is 1. The number of hydrogen-bond acceptors (Lipinski definition) is 3. The first-order chi connectivity index (χ1) is 8.67. The van der Waals surface area contributed by atoms with Crippen LogP contribution in [0.2, 0.25) is 0 Å². The Morgan fingerprint density at radius 2 is 2.17 bits per heavy atom. The van der Waals surface area contributed by atoms with Gasteiger partial charge in [-0.25, -0.2) is 4.98 Å². The number of pyridine rings is 1. The van der Waals surface area contributed by atoms with Crippen LogP contribution in [0.1, 0.15) is 18.2 Å². The van der Waals surface area contributed by atoms with Gasteiger partial charge in [0.1, 0.15) is 0 Å². The zero-order valence-corrected chi connectivity index (χ0v) is 12.5. The summed E-state index contributed by atoms with van der Waals surface area (Å²) in [5, 5.41) is 4.54. The minimum atomic E-state index is 0.528. The van der Waals surface area contributed by atoms with Gasteiger partial charge in [0.05, 0.1) is 17.8 Å². The van der Waals surface area contributed by atoms with E-state index < -0.39 is 0 Å². The molecule has 0 saturated heterocycles.